The van der Waals surface area contributed by atoms with Crippen LogP contribution in [-0.2, 0) is 10.9 Å². The van der Waals surface area contributed by atoms with Crippen molar-refractivity contribution in [1.82, 2.24) is 19.9 Å². The summed E-state index contributed by atoms with van der Waals surface area (Å²) in [6.45, 7) is 3.28. The molecule has 40 heavy (non-hydrogen) atoms. The number of fused-ring (bicyclic) bond motifs is 1. The number of rotatable bonds is 7. The molecular weight excluding hydrogens is 523 g/mol. The van der Waals surface area contributed by atoms with Crippen LogP contribution in [0.4, 0.5) is 36.3 Å². The first-order valence-corrected chi connectivity index (χ1v) is 12.8. The number of halogens is 3. The Balaban J connectivity index is 1.37. The lowest BCUT2D eigenvalue weighted by Crippen LogP contribution is -2.34. The smallest absolute Gasteiger partial charge is 0.376 e. The van der Waals surface area contributed by atoms with Gasteiger partial charge >= 0.3 is 6.18 Å². The monoisotopic (exact) mass is 551 g/mol. The average Bonchev–Trinajstić information content (AvgIpc) is 2.94. The Morgan fingerprint density at radius 2 is 1.98 bits per heavy atom. The van der Waals surface area contributed by atoms with Crippen LogP contribution in [0.5, 0.6) is 0 Å². The van der Waals surface area contributed by atoms with Crippen LogP contribution >= 0.6 is 0 Å². The normalized spacial score (nSPS) is 15.6. The van der Waals surface area contributed by atoms with Crippen LogP contribution in [0.25, 0.3) is 11.0 Å². The van der Waals surface area contributed by atoms with Gasteiger partial charge in [0.2, 0.25) is 5.95 Å². The van der Waals surface area contributed by atoms with Gasteiger partial charge in [-0.05, 0) is 62.1 Å². The van der Waals surface area contributed by atoms with Gasteiger partial charge in [0.1, 0.15) is 17.4 Å². The topological polar surface area (TPSA) is 105 Å². The van der Waals surface area contributed by atoms with Crippen molar-refractivity contribution in [2.24, 2.45) is 0 Å². The number of carbonyl (C=O) groups excluding carboxylic acids is 1. The van der Waals surface area contributed by atoms with Crippen molar-refractivity contribution in [3.05, 3.63) is 71.7 Å². The lowest BCUT2D eigenvalue weighted by Gasteiger charge is -2.27. The minimum atomic E-state index is -4.51. The molecule has 208 valence electrons. The van der Waals surface area contributed by atoms with E-state index in [0.29, 0.717) is 35.0 Å². The number of nitrogens with one attached hydrogen (secondary N) is 2. The molecular formula is C28H28F3N7O2. The molecule has 1 atom stereocenters. The Morgan fingerprint density at radius 1 is 1.12 bits per heavy atom. The molecule has 1 aliphatic heterocycles. The van der Waals surface area contributed by atoms with E-state index in [0.717, 1.165) is 43.6 Å². The summed E-state index contributed by atoms with van der Waals surface area (Å²) in [7, 11) is 1.91. The largest absolute Gasteiger partial charge is 0.416 e. The van der Waals surface area contributed by atoms with E-state index in [1.54, 1.807) is 24.4 Å². The maximum Gasteiger partial charge on any atom is 0.416 e. The highest BCUT2D eigenvalue weighted by atomic mass is 19.4. The van der Waals surface area contributed by atoms with Gasteiger partial charge in [-0.1, -0.05) is 12.1 Å². The maximum absolute atomic E-state index is 13.1. The number of ether oxygens (including phenoxy) is 1. The first-order chi connectivity index (χ1) is 19.2. The molecule has 0 spiro atoms. The molecule has 4 aromatic rings. The highest BCUT2D eigenvalue weighted by Gasteiger charge is 2.30. The number of aryl methyl sites for hydroxylation is 1. The Labute approximate surface area is 228 Å². The molecule has 2 N–H and O–H groups in total. The number of likely N-dealkylation sites (N-methyl/N-ethyl adjacent to an activating group) is 1. The Hall–Kier alpha value is -4.32. The summed E-state index contributed by atoms with van der Waals surface area (Å²) in [5.74, 6) is 0.381. The van der Waals surface area contributed by atoms with Crippen molar-refractivity contribution in [1.29, 1.82) is 0 Å². The van der Waals surface area contributed by atoms with Gasteiger partial charge in [0.25, 0.3) is 5.91 Å². The first-order valence-electron chi connectivity index (χ1n) is 12.8. The summed E-state index contributed by atoms with van der Waals surface area (Å²) in [5, 5.41) is 5.77. The first kappa shape index (κ1) is 27.3. The third-order valence-corrected chi connectivity index (χ3v) is 6.66. The van der Waals surface area contributed by atoms with Gasteiger partial charge in [0.05, 0.1) is 17.9 Å². The van der Waals surface area contributed by atoms with Gasteiger partial charge in [-0.3, -0.25) is 4.79 Å². The molecule has 12 heteroatoms. The fraction of sp³-hybridized carbons (Fsp3) is 0.321. The summed E-state index contributed by atoms with van der Waals surface area (Å²) < 4.78 is 45.1. The molecule has 1 aliphatic rings. The van der Waals surface area contributed by atoms with Gasteiger partial charge in [-0.15, -0.1) is 0 Å². The van der Waals surface area contributed by atoms with Crippen molar-refractivity contribution >= 4 is 40.1 Å². The molecule has 9 nitrogen and oxygen atoms in total. The number of aromatic nitrogens is 4. The molecule has 1 fully saturated rings. The minimum absolute atomic E-state index is 0.0451. The molecule has 1 unspecified atom stereocenters. The molecule has 2 aromatic heterocycles. The van der Waals surface area contributed by atoms with Crippen LogP contribution in [0.2, 0.25) is 0 Å². The van der Waals surface area contributed by atoms with Gasteiger partial charge in [-0.25, -0.2) is 19.9 Å². The zero-order valence-electron chi connectivity index (χ0n) is 22.0. The zero-order chi connectivity index (χ0) is 28.3. The van der Waals surface area contributed by atoms with E-state index in [1.165, 1.54) is 18.5 Å². The molecule has 5 rings (SSSR count). The van der Waals surface area contributed by atoms with Gasteiger partial charge in [0.15, 0.2) is 5.82 Å². The highest BCUT2D eigenvalue weighted by molar-refractivity contribution is 6.05. The predicted molar refractivity (Wildman–Crippen MR) is 146 cm³/mol. The molecule has 0 radical (unpaired) electrons. The average molecular weight is 552 g/mol. The molecule has 0 bridgehead atoms. The second-order valence-corrected chi connectivity index (χ2v) is 9.68. The Bertz CT molecular complexity index is 1520. The van der Waals surface area contributed by atoms with Crippen LogP contribution in [0.3, 0.4) is 0 Å². The van der Waals surface area contributed by atoms with E-state index in [2.05, 4.69) is 25.6 Å². The summed E-state index contributed by atoms with van der Waals surface area (Å²) in [4.78, 5) is 32.7. The summed E-state index contributed by atoms with van der Waals surface area (Å²) in [6, 6.07) is 9.45. The quantitative estimate of drug-likeness (QED) is 0.299. The van der Waals surface area contributed by atoms with Crippen molar-refractivity contribution in [2.45, 2.75) is 38.5 Å². The molecule has 1 saturated heterocycles. The number of hydrogen-bond acceptors (Lipinski definition) is 8. The number of alkyl halides is 3. The van der Waals surface area contributed by atoms with E-state index in [1.807, 2.05) is 18.9 Å². The maximum atomic E-state index is 13.1. The lowest BCUT2D eigenvalue weighted by atomic mass is 10.1. The van der Waals surface area contributed by atoms with E-state index >= 15 is 0 Å². The van der Waals surface area contributed by atoms with Gasteiger partial charge in [0, 0.05) is 37.1 Å². The van der Waals surface area contributed by atoms with Crippen molar-refractivity contribution < 1.29 is 22.7 Å². The second kappa shape index (κ2) is 11.4. The fourth-order valence-corrected chi connectivity index (χ4v) is 4.46. The number of hydrogen-bond donors (Lipinski definition) is 2. The minimum Gasteiger partial charge on any atom is -0.376 e. The van der Waals surface area contributed by atoms with Crippen LogP contribution in [0.1, 0.15) is 40.7 Å². The standard InChI is InChI=1S/C28H28F3N7O2/c1-17-9-10-18(26(39)35-20-7-5-6-19(13-20)28(29,30)31)12-22(17)36-25-24-23(33-16-34-25)14-32-27(37-24)38(2)15-21-8-3-4-11-40-21/h5-7,9-10,12-14,16,21H,3-4,8,11,15H2,1-2H3,(H,35,39)(H,33,34,36). The van der Waals surface area contributed by atoms with Gasteiger partial charge in [-0.2, -0.15) is 13.2 Å². The highest BCUT2D eigenvalue weighted by Crippen LogP contribution is 2.31. The second-order valence-electron chi connectivity index (χ2n) is 9.68. The predicted octanol–water partition coefficient (Wildman–Crippen LogP) is 5.75. The number of anilines is 4. The zero-order valence-corrected chi connectivity index (χ0v) is 22.0. The number of carbonyl (C=O) groups is 1. The van der Waals surface area contributed by atoms with Crippen LogP contribution in [-0.4, -0.2) is 52.1 Å². The van der Waals surface area contributed by atoms with Crippen LogP contribution in [0, 0.1) is 6.92 Å². The van der Waals surface area contributed by atoms with Crippen molar-refractivity contribution in [2.75, 3.05) is 35.7 Å². The molecule has 2 aromatic carbocycles. The number of benzene rings is 2. The molecule has 0 aliphatic carbocycles. The number of amides is 1. The molecule has 3 heterocycles. The summed E-state index contributed by atoms with van der Waals surface area (Å²) in [5.41, 5.74) is 1.91. The van der Waals surface area contributed by atoms with Crippen molar-refractivity contribution in [3.8, 4) is 0 Å². The SMILES string of the molecule is Cc1ccc(C(=O)Nc2cccc(C(F)(F)F)c2)cc1Nc1ncnc2cnc(N(C)CC3CCCCO3)nc12. The van der Waals surface area contributed by atoms with Crippen LogP contribution in [0.15, 0.2) is 55.0 Å². The Morgan fingerprint density at radius 3 is 2.75 bits per heavy atom. The number of nitrogens with zero attached hydrogens (tertiary/aromatic N) is 5. The van der Waals surface area contributed by atoms with E-state index in [4.69, 9.17) is 9.72 Å². The third kappa shape index (κ3) is 6.28. The summed E-state index contributed by atoms with van der Waals surface area (Å²) in [6.07, 6.45) is 1.84. The summed E-state index contributed by atoms with van der Waals surface area (Å²) >= 11 is 0. The lowest BCUT2D eigenvalue weighted by molar-refractivity contribution is -0.137. The van der Waals surface area contributed by atoms with E-state index in [-0.39, 0.29) is 17.4 Å². The van der Waals surface area contributed by atoms with Crippen LogP contribution < -0.4 is 15.5 Å². The van der Waals surface area contributed by atoms with Gasteiger partial charge < -0.3 is 20.3 Å². The van der Waals surface area contributed by atoms with Crippen molar-refractivity contribution in [3.63, 3.8) is 0 Å². The van der Waals surface area contributed by atoms with E-state index in [9.17, 15) is 18.0 Å². The molecule has 1 amide bonds. The third-order valence-electron chi connectivity index (χ3n) is 6.66. The van der Waals surface area contributed by atoms with E-state index < -0.39 is 17.6 Å². The molecule has 0 saturated carbocycles. The fourth-order valence-electron chi connectivity index (χ4n) is 4.46. The Kier molecular flexibility index (Phi) is 7.78.